The molecule has 0 aliphatic heterocycles. The van der Waals surface area contributed by atoms with Crippen molar-refractivity contribution in [3.05, 3.63) is 12.2 Å². The number of carbonyl (C=O) groups excluding carboxylic acids is 3. The molecule has 33 heavy (non-hydrogen) atoms. The number of nitrogens with one attached hydrogen (secondary N) is 3. The first-order valence-electron chi connectivity index (χ1n) is 11.9. The second-order valence-corrected chi connectivity index (χ2v) is 10.7. The molecule has 0 aliphatic rings. The van der Waals surface area contributed by atoms with E-state index in [1.165, 1.54) is 0 Å². The van der Waals surface area contributed by atoms with Crippen molar-refractivity contribution >= 4 is 17.9 Å². The second-order valence-electron chi connectivity index (χ2n) is 10.7. The number of amides is 3. The molecule has 0 saturated heterocycles. The molecule has 1 unspecified atom stereocenters. The number of hydrogen-bond donors (Lipinski definition) is 3. The molecule has 0 aromatic heterocycles. The van der Waals surface area contributed by atoms with Crippen LogP contribution in [0, 0.1) is 11.8 Å². The molecule has 0 fully saturated rings. The van der Waals surface area contributed by atoms with Crippen LogP contribution < -0.4 is 16.0 Å². The third kappa shape index (κ3) is 15.4. The summed E-state index contributed by atoms with van der Waals surface area (Å²) in [6.07, 6.45) is 4.09. The summed E-state index contributed by atoms with van der Waals surface area (Å²) in [5.41, 5.74) is -1.14. The number of hydrogen-bond acceptors (Lipinski definition) is 5. The van der Waals surface area contributed by atoms with Gasteiger partial charge in [0.2, 0.25) is 11.8 Å². The summed E-state index contributed by atoms with van der Waals surface area (Å²) in [5, 5.41) is 8.41. The summed E-state index contributed by atoms with van der Waals surface area (Å²) >= 11 is 0. The van der Waals surface area contributed by atoms with Gasteiger partial charge in [-0.05, 0) is 67.2 Å². The highest BCUT2D eigenvalue weighted by Gasteiger charge is 2.32. The normalized spacial score (nSPS) is 15.1. The van der Waals surface area contributed by atoms with E-state index in [-0.39, 0.29) is 17.7 Å². The Balaban J connectivity index is 4.61. The quantitative estimate of drug-likeness (QED) is 0.296. The fourth-order valence-corrected chi connectivity index (χ4v) is 2.82. The van der Waals surface area contributed by atoms with E-state index in [4.69, 9.17) is 9.47 Å². The van der Waals surface area contributed by atoms with Crippen LogP contribution in [0.15, 0.2) is 12.2 Å². The molecular weight excluding hydrogens is 422 g/mol. The number of alkyl carbamates (subject to hydrolysis) is 1. The molecule has 0 radical (unpaired) electrons. The van der Waals surface area contributed by atoms with E-state index in [1.54, 1.807) is 27.7 Å². The zero-order valence-electron chi connectivity index (χ0n) is 22.3. The van der Waals surface area contributed by atoms with Gasteiger partial charge >= 0.3 is 6.09 Å². The topological polar surface area (TPSA) is 106 Å². The van der Waals surface area contributed by atoms with Gasteiger partial charge in [-0.15, -0.1) is 0 Å². The van der Waals surface area contributed by atoms with Crippen molar-refractivity contribution in [2.45, 2.75) is 105 Å². The van der Waals surface area contributed by atoms with Crippen LogP contribution in [0.2, 0.25) is 0 Å². The van der Waals surface area contributed by atoms with E-state index in [1.807, 2.05) is 53.7 Å². The first-order valence-corrected chi connectivity index (χ1v) is 11.9. The fourth-order valence-electron chi connectivity index (χ4n) is 2.82. The van der Waals surface area contributed by atoms with Gasteiger partial charge in [0.25, 0.3) is 0 Å². The summed E-state index contributed by atoms with van der Waals surface area (Å²) in [4.78, 5) is 36.9. The minimum Gasteiger partial charge on any atom is -0.444 e. The number of ether oxygens (including phenoxy) is 2. The van der Waals surface area contributed by atoms with Crippen LogP contribution in [0.5, 0.6) is 0 Å². The van der Waals surface area contributed by atoms with Crippen LogP contribution in [0.1, 0.15) is 82.1 Å². The van der Waals surface area contributed by atoms with E-state index in [9.17, 15) is 14.4 Å². The highest BCUT2D eigenvalue weighted by atomic mass is 16.6. The Morgan fingerprint density at radius 2 is 1.27 bits per heavy atom. The van der Waals surface area contributed by atoms with Gasteiger partial charge in [-0.2, -0.15) is 0 Å². The number of rotatable bonds is 12. The molecule has 3 amide bonds. The standard InChI is InChI=1S/C25H47N3O5/c1-17(2)18(3)21(29)26-15-13-11-12-14-16-27-22(30)20(19(4)32-24(5,6)7)28-23(31)33-25(8,9)10/h11-12,17-20H,13-16H2,1-10H3,(H,26,29)(H,27,30)(H,28,31)/b12-11-/t18-,19?,20-/m0/s1. The molecule has 3 N–H and O–H groups in total. The Kier molecular flexibility index (Phi) is 13.3. The molecule has 0 aromatic carbocycles. The van der Waals surface area contributed by atoms with Crippen molar-refractivity contribution in [2.75, 3.05) is 13.1 Å². The maximum absolute atomic E-state index is 12.8. The molecule has 0 aromatic rings. The van der Waals surface area contributed by atoms with Crippen LogP contribution in [0.25, 0.3) is 0 Å². The van der Waals surface area contributed by atoms with Gasteiger partial charge in [0.05, 0.1) is 11.7 Å². The third-order valence-electron chi connectivity index (χ3n) is 4.76. The average Bonchev–Trinajstić information content (AvgIpc) is 2.64. The summed E-state index contributed by atoms with van der Waals surface area (Å²) < 4.78 is 11.2. The third-order valence-corrected chi connectivity index (χ3v) is 4.76. The summed E-state index contributed by atoms with van der Waals surface area (Å²) in [6.45, 7) is 19.7. The van der Waals surface area contributed by atoms with Gasteiger partial charge in [0, 0.05) is 19.0 Å². The second kappa shape index (κ2) is 14.2. The van der Waals surface area contributed by atoms with Crippen molar-refractivity contribution in [2.24, 2.45) is 11.8 Å². The summed E-state index contributed by atoms with van der Waals surface area (Å²) in [7, 11) is 0. The van der Waals surface area contributed by atoms with Gasteiger partial charge < -0.3 is 25.4 Å². The smallest absolute Gasteiger partial charge is 0.408 e. The highest BCUT2D eigenvalue weighted by Crippen LogP contribution is 2.14. The lowest BCUT2D eigenvalue weighted by Crippen LogP contribution is -2.55. The lowest BCUT2D eigenvalue weighted by molar-refractivity contribution is -0.131. The van der Waals surface area contributed by atoms with Gasteiger partial charge in [-0.3, -0.25) is 9.59 Å². The molecule has 8 heteroatoms. The molecule has 192 valence electrons. The molecule has 0 saturated carbocycles. The molecule has 8 nitrogen and oxygen atoms in total. The van der Waals surface area contributed by atoms with E-state index < -0.39 is 29.4 Å². The Bertz CT molecular complexity index is 647. The summed E-state index contributed by atoms with van der Waals surface area (Å²) in [6, 6.07) is -0.888. The van der Waals surface area contributed by atoms with Gasteiger partial charge in [0.15, 0.2) is 0 Å². The van der Waals surface area contributed by atoms with Crippen molar-refractivity contribution < 1.29 is 23.9 Å². The van der Waals surface area contributed by atoms with Crippen LogP contribution in [-0.4, -0.2) is 54.3 Å². The van der Waals surface area contributed by atoms with Crippen molar-refractivity contribution in [3.8, 4) is 0 Å². The lowest BCUT2D eigenvalue weighted by atomic mass is 9.97. The molecule has 0 spiro atoms. The lowest BCUT2D eigenvalue weighted by Gasteiger charge is -2.31. The molecule has 0 bridgehead atoms. The fraction of sp³-hybridized carbons (Fsp3) is 0.800. The van der Waals surface area contributed by atoms with Gasteiger partial charge in [0.1, 0.15) is 11.6 Å². The van der Waals surface area contributed by atoms with Gasteiger partial charge in [-0.1, -0.05) is 32.9 Å². The van der Waals surface area contributed by atoms with Crippen LogP contribution >= 0.6 is 0 Å². The highest BCUT2D eigenvalue weighted by molar-refractivity contribution is 5.86. The summed E-state index contributed by atoms with van der Waals surface area (Å²) in [5.74, 6) is 0.0483. The Labute approximate surface area is 200 Å². The predicted molar refractivity (Wildman–Crippen MR) is 132 cm³/mol. The SMILES string of the molecule is CC(C)[C@H](C)C(=O)NCC/C=C\CCNC(=O)[C@@H](NC(=O)OC(C)(C)C)C(C)OC(C)(C)C. The van der Waals surface area contributed by atoms with Crippen molar-refractivity contribution in [1.82, 2.24) is 16.0 Å². The maximum atomic E-state index is 12.8. The Morgan fingerprint density at radius 3 is 1.70 bits per heavy atom. The van der Waals surface area contributed by atoms with E-state index in [0.29, 0.717) is 25.4 Å². The molecule has 3 atom stereocenters. The molecule has 0 rings (SSSR count). The van der Waals surface area contributed by atoms with Crippen molar-refractivity contribution in [3.63, 3.8) is 0 Å². The maximum Gasteiger partial charge on any atom is 0.408 e. The molecular formula is C25H47N3O5. The van der Waals surface area contributed by atoms with Gasteiger partial charge in [-0.25, -0.2) is 4.79 Å². The number of carbonyl (C=O) groups is 3. The zero-order valence-corrected chi connectivity index (χ0v) is 22.3. The first-order chi connectivity index (χ1) is 15.0. The molecule has 0 heterocycles. The largest absolute Gasteiger partial charge is 0.444 e. The first kappa shape index (κ1) is 30.9. The van der Waals surface area contributed by atoms with Crippen LogP contribution in [0.3, 0.4) is 0 Å². The Morgan fingerprint density at radius 1 is 0.788 bits per heavy atom. The van der Waals surface area contributed by atoms with E-state index >= 15 is 0 Å². The van der Waals surface area contributed by atoms with E-state index in [2.05, 4.69) is 16.0 Å². The van der Waals surface area contributed by atoms with Crippen LogP contribution in [-0.2, 0) is 19.1 Å². The minimum absolute atomic E-state index is 0.00363. The zero-order chi connectivity index (χ0) is 25.8. The average molecular weight is 470 g/mol. The molecule has 0 aliphatic carbocycles. The van der Waals surface area contributed by atoms with Crippen LogP contribution in [0.4, 0.5) is 4.79 Å². The van der Waals surface area contributed by atoms with E-state index in [0.717, 1.165) is 6.42 Å². The monoisotopic (exact) mass is 469 g/mol. The minimum atomic E-state index is -0.888. The van der Waals surface area contributed by atoms with Crippen molar-refractivity contribution in [1.29, 1.82) is 0 Å². The Hall–Kier alpha value is -2.09. The predicted octanol–water partition coefficient (Wildman–Crippen LogP) is 3.94.